The lowest BCUT2D eigenvalue weighted by Crippen LogP contribution is -2.44. The molecule has 27 heavy (non-hydrogen) atoms. The van der Waals surface area contributed by atoms with Crippen LogP contribution in [0.5, 0.6) is 0 Å². The molecule has 1 amide bonds. The van der Waals surface area contributed by atoms with Crippen molar-refractivity contribution in [3.05, 3.63) is 29.3 Å². The van der Waals surface area contributed by atoms with Crippen LogP contribution >= 0.6 is 0 Å². The molecule has 7 nitrogen and oxygen atoms in total. The predicted molar refractivity (Wildman–Crippen MR) is 99.8 cm³/mol. The number of fused-ring (bicyclic) bond motifs is 1. The molecule has 1 heterocycles. The maximum atomic E-state index is 13.0. The van der Waals surface area contributed by atoms with Crippen LogP contribution in [0.4, 0.5) is 0 Å². The van der Waals surface area contributed by atoms with Crippen LogP contribution in [0.15, 0.2) is 23.1 Å². The highest BCUT2D eigenvalue weighted by Gasteiger charge is 2.33. The molecule has 0 spiro atoms. The Bertz CT molecular complexity index is 829. The van der Waals surface area contributed by atoms with E-state index in [0.29, 0.717) is 17.7 Å². The molecule has 2 aliphatic rings. The SMILES string of the molecule is CN(CC(=O)O)C(=O)C1CCN(S(=O)(=O)c2ccc3c(c2)CCCC3)CC1. The maximum absolute atomic E-state index is 13.0. The van der Waals surface area contributed by atoms with Gasteiger partial charge in [-0.3, -0.25) is 9.59 Å². The lowest BCUT2D eigenvalue weighted by atomic mass is 9.92. The number of carboxylic acids is 1. The van der Waals surface area contributed by atoms with Crippen molar-refractivity contribution in [3.63, 3.8) is 0 Å². The van der Waals surface area contributed by atoms with Gasteiger partial charge in [-0.05, 0) is 61.8 Å². The first-order valence-electron chi connectivity index (χ1n) is 9.38. The van der Waals surface area contributed by atoms with Gasteiger partial charge in [0.25, 0.3) is 0 Å². The number of benzene rings is 1. The minimum absolute atomic E-state index is 0.233. The fraction of sp³-hybridized carbons (Fsp3) is 0.579. The average Bonchev–Trinajstić information content (AvgIpc) is 2.66. The van der Waals surface area contributed by atoms with E-state index in [9.17, 15) is 18.0 Å². The topological polar surface area (TPSA) is 95.0 Å². The van der Waals surface area contributed by atoms with Crippen molar-refractivity contribution in [2.45, 2.75) is 43.4 Å². The molecule has 1 N–H and O–H groups in total. The van der Waals surface area contributed by atoms with E-state index in [2.05, 4.69) is 0 Å². The molecule has 0 atom stereocenters. The fourth-order valence-corrected chi connectivity index (χ4v) is 5.48. The number of carbonyl (C=O) groups excluding carboxylic acids is 1. The molecule has 1 aromatic rings. The highest BCUT2D eigenvalue weighted by atomic mass is 32.2. The van der Waals surface area contributed by atoms with Crippen LogP contribution in [0.3, 0.4) is 0 Å². The number of carboxylic acid groups (broad SMARTS) is 1. The summed E-state index contributed by atoms with van der Waals surface area (Å²) in [5.74, 6) is -1.62. The highest BCUT2D eigenvalue weighted by molar-refractivity contribution is 7.89. The van der Waals surface area contributed by atoms with E-state index < -0.39 is 16.0 Å². The van der Waals surface area contributed by atoms with Gasteiger partial charge in [-0.1, -0.05) is 6.07 Å². The van der Waals surface area contributed by atoms with E-state index in [-0.39, 0.29) is 31.5 Å². The average molecular weight is 394 g/mol. The summed E-state index contributed by atoms with van der Waals surface area (Å²) in [6, 6.07) is 5.43. The van der Waals surface area contributed by atoms with Crippen LogP contribution in [-0.4, -0.2) is 61.3 Å². The molecular weight excluding hydrogens is 368 g/mol. The third-order valence-corrected chi connectivity index (χ3v) is 7.40. The third-order valence-electron chi connectivity index (χ3n) is 5.51. The molecule has 0 bridgehead atoms. The van der Waals surface area contributed by atoms with Crippen LogP contribution in [0.2, 0.25) is 0 Å². The first-order valence-corrected chi connectivity index (χ1v) is 10.8. The first-order chi connectivity index (χ1) is 12.8. The zero-order valence-electron chi connectivity index (χ0n) is 15.6. The number of sulfonamides is 1. The Hall–Kier alpha value is -1.93. The molecule has 1 fully saturated rings. The lowest BCUT2D eigenvalue weighted by molar-refractivity contribution is -0.145. The molecule has 1 aliphatic heterocycles. The van der Waals surface area contributed by atoms with Crippen LogP contribution < -0.4 is 0 Å². The molecular formula is C19H26N2O5S. The molecule has 0 radical (unpaired) electrons. The lowest BCUT2D eigenvalue weighted by Gasteiger charge is -2.32. The van der Waals surface area contributed by atoms with Crippen molar-refractivity contribution in [2.75, 3.05) is 26.7 Å². The van der Waals surface area contributed by atoms with Crippen molar-refractivity contribution >= 4 is 21.9 Å². The minimum Gasteiger partial charge on any atom is -0.480 e. The van der Waals surface area contributed by atoms with E-state index in [1.807, 2.05) is 12.1 Å². The number of amides is 1. The fourth-order valence-electron chi connectivity index (χ4n) is 3.95. The summed E-state index contributed by atoms with van der Waals surface area (Å²) in [5, 5.41) is 8.81. The van der Waals surface area contributed by atoms with Gasteiger partial charge in [-0.2, -0.15) is 4.31 Å². The van der Waals surface area contributed by atoms with Gasteiger partial charge in [-0.25, -0.2) is 8.42 Å². The molecule has 148 valence electrons. The molecule has 0 aromatic heterocycles. The van der Waals surface area contributed by atoms with Gasteiger partial charge in [0.2, 0.25) is 15.9 Å². The smallest absolute Gasteiger partial charge is 0.323 e. The Kier molecular flexibility index (Phi) is 5.86. The molecule has 1 saturated heterocycles. The summed E-state index contributed by atoms with van der Waals surface area (Å²) in [6.45, 7) is 0.208. The molecule has 0 saturated carbocycles. The van der Waals surface area contributed by atoms with Crippen LogP contribution in [0.1, 0.15) is 36.8 Å². The normalized spacial score (nSPS) is 18.7. The molecule has 8 heteroatoms. The summed E-state index contributed by atoms with van der Waals surface area (Å²) in [5.41, 5.74) is 2.37. The second-order valence-electron chi connectivity index (χ2n) is 7.40. The zero-order valence-corrected chi connectivity index (χ0v) is 16.4. The predicted octanol–water partition coefficient (Wildman–Crippen LogP) is 1.51. The Morgan fingerprint density at radius 2 is 1.78 bits per heavy atom. The summed E-state index contributed by atoms with van der Waals surface area (Å²) in [6.07, 6.45) is 4.99. The Labute approximate surface area is 160 Å². The number of likely N-dealkylation sites (N-methyl/N-ethyl adjacent to an activating group) is 1. The summed E-state index contributed by atoms with van der Waals surface area (Å²) in [7, 11) is -2.10. The van der Waals surface area contributed by atoms with Crippen LogP contribution in [0.25, 0.3) is 0 Å². The van der Waals surface area contributed by atoms with Crippen molar-refractivity contribution in [3.8, 4) is 0 Å². The van der Waals surface area contributed by atoms with E-state index in [0.717, 1.165) is 31.2 Å². The number of rotatable bonds is 5. The quantitative estimate of drug-likeness (QED) is 0.817. The number of aliphatic carboxylic acids is 1. The first kappa shape index (κ1) is 19.8. The van der Waals surface area contributed by atoms with Crippen LogP contribution in [-0.2, 0) is 32.5 Å². The molecule has 0 unspecified atom stereocenters. The third kappa shape index (κ3) is 4.32. The highest BCUT2D eigenvalue weighted by Crippen LogP contribution is 2.28. The monoisotopic (exact) mass is 394 g/mol. The molecule has 3 rings (SSSR count). The Balaban J connectivity index is 1.66. The Morgan fingerprint density at radius 3 is 2.41 bits per heavy atom. The molecule has 1 aromatic carbocycles. The number of aryl methyl sites for hydroxylation is 2. The maximum Gasteiger partial charge on any atom is 0.323 e. The number of hydrogen-bond acceptors (Lipinski definition) is 4. The number of nitrogens with zero attached hydrogens (tertiary/aromatic N) is 2. The van der Waals surface area contributed by atoms with Gasteiger partial charge in [-0.15, -0.1) is 0 Å². The van der Waals surface area contributed by atoms with Gasteiger partial charge >= 0.3 is 5.97 Å². The second kappa shape index (κ2) is 7.98. The Morgan fingerprint density at radius 1 is 1.15 bits per heavy atom. The largest absolute Gasteiger partial charge is 0.480 e. The summed E-state index contributed by atoms with van der Waals surface area (Å²) < 4.78 is 27.4. The number of hydrogen-bond donors (Lipinski definition) is 1. The minimum atomic E-state index is -3.57. The number of piperidine rings is 1. The van der Waals surface area contributed by atoms with Gasteiger partial charge in [0.1, 0.15) is 6.54 Å². The van der Waals surface area contributed by atoms with Gasteiger partial charge in [0.05, 0.1) is 4.90 Å². The summed E-state index contributed by atoms with van der Waals surface area (Å²) >= 11 is 0. The number of carbonyl (C=O) groups is 2. The van der Waals surface area contributed by atoms with E-state index in [1.165, 1.54) is 21.8 Å². The van der Waals surface area contributed by atoms with E-state index >= 15 is 0 Å². The van der Waals surface area contributed by atoms with Crippen molar-refractivity contribution in [2.24, 2.45) is 5.92 Å². The van der Waals surface area contributed by atoms with Crippen LogP contribution in [0, 0.1) is 5.92 Å². The van der Waals surface area contributed by atoms with Crippen molar-refractivity contribution < 1.29 is 23.1 Å². The van der Waals surface area contributed by atoms with E-state index in [1.54, 1.807) is 6.07 Å². The van der Waals surface area contributed by atoms with E-state index in [4.69, 9.17) is 5.11 Å². The molecule has 1 aliphatic carbocycles. The zero-order chi connectivity index (χ0) is 19.6. The standard InChI is InChI=1S/C19H26N2O5S/c1-20(13-18(22)23)19(24)15-8-10-21(11-9-15)27(25,26)17-7-6-14-4-2-3-5-16(14)12-17/h6-7,12,15H,2-5,8-11,13H2,1H3,(H,22,23). The second-order valence-corrected chi connectivity index (χ2v) is 9.34. The van der Waals surface area contributed by atoms with Gasteiger partial charge in [0, 0.05) is 26.1 Å². The van der Waals surface area contributed by atoms with Crippen molar-refractivity contribution in [1.82, 2.24) is 9.21 Å². The van der Waals surface area contributed by atoms with Crippen molar-refractivity contribution in [1.29, 1.82) is 0 Å². The van der Waals surface area contributed by atoms with Gasteiger partial charge < -0.3 is 10.0 Å². The summed E-state index contributed by atoms with van der Waals surface area (Å²) in [4.78, 5) is 24.6. The van der Waals surface area contributed by atoms with Gasteiger partial charge in [0.15, 0.2) is 0 Å².